The van der Waals surface area contributed by atoms with Crippen LogP contribution in [0.5, 0.6) is 5.88 Å². The number of piperidine rings is 1. The van der Waals surface area contributed by atoms with Gasteiger partial charge in [0.15, 0.2) is 0 Å². The highest BCUT2D eigenvalue weighted by Gasteiger charge is 2.25. The minimum Gasteiger partial charge on any atom is -0.481 e. The number of methoxy groups -OCH3 is 1. The van der Waals surface area contributed by atoms with Crippen molar-refractivity contribution in [1.29, 1.82) is 0 Å². The summed E-state index contributed by atoms with van der Waals surface area (Å²) in [5, 5.41) is 4.88. The molecule has 21 heavy (non-hydrogen) atoms. The number of ether oxygens (including phenoxy) is 1. The normalized spacial score (nSPS) is 24.7. The Balaban J connectivity index is 1.72. The molecule has 0 aliphatic carbocycles. The van der Waals surface area contributed by atoms with Crippen LogP contribution in [0.4, 0.5) is 0 Å². The predicted octanol–water partition coefficient (Wildman–Crippen LogP) is 3.54. The van der Waals surface area contributed by atoms with Gasteiger partial charge in [-0.2, -0.15) is 0 Å². The second-order valence-electron chi connectivity index (χ2n) is 6.06. The number of fused-ring (bicyclic) bond motifs is 3. The molecule has 1 fully saturated rings. The molecule has 1 aromatic heterocycles. The fourth-order valence-electron chi connectivity index (χ4n) is 3.56. The van der Waals surface area contributed by atoms with Gasteiger partial charge in [0.2, 0.25) is 5.88 Å². The van der Waals surface area contributed by atoms with Crippen LogP contribution in [0.2, 0.25) is 0 Å². The van der Waals surface area contributed by atoms with Crippen molar-refractivity contribution >= 4 is 16.5 Å². The molecule has 2 aliphatic heterocycles. The second kappa shape index (κ2) is 5.15. The Bertz CT molecular complexity index is 707. The summed E-state index contributed by atoms with van der Waals surface area (Å²) in [6.07, 6.45) is 7.50. The smallest absolute Gasteiger partial charge is 0.213 e. The van der Waals surface area contributed by atoms with Crippen LogP contribution < -0.4 is 10.1 Å². The summed E-state index contributed by atoms with van der Waals surface area (Å²) in [6.45, 7) is 0. The van der Waals surface area contributed by atoms with E-state index in [1.54, 1.807) is 7.11 Å². The molecule has 4 rings (SSSR count). The Kier molecular flexibility index (Phi) is 3.15. The van der Waals surface area contributed by atoms with Crippen LogP contribution in [0.15, 0.2) is 36.4 Å². The van der Waals surface area contributed by atoms with Crippen molar-refractivity contribution in [3.63, 3.8) is 0 Å². The van der Waals surface area contributed by atoms with Crippen molar-refractivity contribution in [1.82, 2.24) is 10.3 Å². The van der Waals surface area contributed by atoms with Crippen molar-refractivity contribution in [2.45, 2.75) is 37.8 Å². The van der Waals surface area contributed by atoms with Crippen molar-refractivity contribution in [2.75, 3.05) is 7.11 Å². The van der Waals surface area contributed by atoms with Gasteiger partial charge in [0, 0.05) is 23.5 Å². The van der Waals surface area contributed by atoms with E-state index in [0.717, 1.165) is 11.9 Å². The molecule has 3 nitrogen and oxygen atoms in total. The third kappa shape index (κ3) is 2.42. The Morgan fingerprint density at radius 3 is 3.00 bits per heavy atom. The second-order valence-corrected chi connectivity index (χ2v) is 6.06. The molecule has 2 atom stereocenters. The van der Waals surface area contributed by atoms with Gasteiger partial charge in [0.05, 0.1) is 12.6 Å². The maximum atomic E-state index is 5.19. The number of rotatable bonds is 2. The van der Waals surface area contributed by atoms with E-state index < -0.39 is 0 Å². The van der Waals surface area contributed by atoms with Gasteiger partial charge in [-0.15, -0.1) is 0 Å². The molecule has 1 N–H and O–H groups in total. The molecule has 3 heteroatoms. The zero-order valence-corrected chi connectivity index (χ0v) is 12.3. The molecule has 108 valence electrons. The first kappa shape index (κ1) is 12.8. The van der Waals surface area contributed by atoms with Gasteiger partial charge in [0.25, 0.3) is 0 Å². The third-order valence-electron chi connectivity index (χ3n) is 4.63. The van der Waals surface area contributed by atoms with E-state index in [1.807, 2.05) is 6.07 Å². The Hall–Kier alpha value is -1.87. The highest BCUT2D eigenvalue weighted by Crippen LogP contribution is 2.32. The number of aromatic nitrogens is 1. The largest absolute Gasteiger partial charge is 0.481 e. The number of hydrogen-bond donors (Lipinski definition) is 1. The van der Waals surface area contributed by atoms with Crippen molar-refractivity contribution in [2.24, 2.45) is 0 Å². The maximum Gasteiger partial charge on any atom is 0.213 e. The summed E-state index contributed by atoms with van der Waals surface area (Å²) < 4.78 is 5.19. The van der Waals surface area contributed by atoms with Crippen LogP contribution in [0.3, 0.4) is 0 Å². The van der Waals surface area contributed by atoms with Crippen LogP contribution in [0, 0.1) is 0 Å². The minimum atomic E-state index is 0.567. The van der Waals surface area contributed by atoms with Gasteiger partial charge in [-0.1, -0.05) is 18.6 Å². The average Bonchev–Trinajstić information content (AvgIpc) is 2.53. The zero-order chi connectivity index (χ0) is 14.2. The monoisotopic (exact) mass is 280 g/mol. The fraction of sp³-hybridized carbons (Fsp3) is 0.389. The van der Waals surface area contributed by atoms with Gasteiger partial charge < -0.3 is 10.1 Å². The molecule has 2 aliphatic rings. The van der Waals surface area contributed by atoms with E-state index in [0.29, 0.717) is 18.0 Å². The Morgan fingerprint density at radius 2 is 2.14 bits per heavy atom. The van der Waals surface area contributed by atoms with Crippen molar-refractivity contribution < 1.29 is 4.74 Å². The van der Waals surface area contributed by atoms with Gasteiger partial charge in [-0.3, -0.25) is 0 Å². The van der Waals surface area contributed by atoms with E-state index in [-0.39, 0.29) is 0 Å². The molecule has 3 heterocycles. The number of pyridine rings is 1. The van der Waals surface area contributed by atoms with Gasteiger partial charge >= 0.3 is 0 Å². The molecular formula is C18H20N2O. The van der Waals surface area contributed by atoms with Crippen LogP contribution in [-0.2, 0) is 0 Å². The first-order valence-electron chi connectivity index (χ1n) is 7.74. The SMILES string of the molecule is COc1ccc2cc(C3=CC4CCCC(C3)N4)ccc2n1. The van der Waals surface area contributed by atoms with E-state index in [9.17, 15) is 0 Å². The lowest BCUT2D eigenvalue weighted by atomic mass is 9.84. The summed E-state index contributed by atoms with van der Waals surface area (Å²) in [4.78, 5) is 4.48. The Labute approximate surface area is 125 Å². The van der Waals surface area contributed by atoms with Crippen LogP contribution in [0.25, 0.3) is 16.5 Å². The van der Waals surface area contributed by atoms with Crippen LogP contribution >= 0.6 is 0 Å². The van der Waals surface area contributed by atoms with Gasteiger partial charge in [0.1, 0.15) is 0 Å². The number of nitrogens with one attached hydrogen (secondary N) is 1. The lowest BCUT2D eigenvalue weighted by molar-refractivity contribution is 0.348. The van der Waals surface area contributed by atoms with Crippen LogP contribution in [-0.4, -0.2) is 24.2 Å². The van der Waals surface area contributed by atoms with Crippen molar-refractivity contribution in [3.8, 4) is 5.88 Å². The first-order valence-corrected chi connectivity index (χ1v) is 7.74. The molecule has 0 radical (unpaired) electrons. The van der Waals surface area contributed by atoms with E-state index in [1.165, 1.54) is 35.8 Å². The van der Waals surface area contributed by atoms with Crippen LogP contribution in [0.1, 0.15) is 31.2 Å². The molecular weight excluding hydrogens is 260 g/mol. The van der Waals surface area contributed by atoms with Crippen molar-refractivity contribution in [3.05, 3.63) is 42.0 Å². The molecule has 1 aromatic carbocycles. The molecule has 0 saturated carbocycles. The molecule has 2 aromatic rings. The molecule has 2 bridgehead atoms. The van der Waals surface area contributed by atoms with E-state index in [4.69, 9.17) is 4.74 Å². The third-order valence-corrected chi connectivity index (χ3v) is 4.63. The summed E-state index contributed by atoms with van der Waals surface area (Å²) in [6, 6.07) is 11.8. The number of nitrogens with zero attached hydrogens (tertiary/aromatic N) is 1. The lowest BCUT2D eigenvalue weighted by Crippen LogP contribution is -2.44. The molecule has 0 amide bonds. The summed E-state index contributed by atoms with van der Waals surface area (Å²) in [5.74, 6) is 0.672. The highest BCUT2D eigenvalue weighted by atomic mass is 16.5. The highest BCUT2D eigenvalue weighted by molar-refractivity contribution is 5.84. The Morgan fingerprint density at radius 1 is 1.19 bits per heavy atom. The van der Waals surface area contributed by atoms with E-state index in [2.05, 4.69) is 40.6 Å². The molecule has 1 saturated heterocycles. The minimum absolute atomic E-state index is 0.567. The standard InChI is InChI=1S/C18H20N2O/c1-21-18-8-6-13-9-12(5-7-17(13)20-18)14-10-15-3-2-4-16(11-14)19-15/h5-10,15-16,19H,2-4,11H2,1H3. The molecule has 2 unspecified atom stereocenters. The maximum absolute atomic E-state index is 5.19. The first-order chi connectivity index (χ1) is 10.3. The van der Waals surface area contributed by atoms with E-state index >= 15 is 0 Å². The summed E-state index contributed by atoms with van der Waals surface area (Å²) in [7, 11) is 1.65. The molecule has 0 spiro atoms. The summed E-state index contributed by atoms with van der Waals surface area (Å²) >= 11 is 0. The predicted molar refractivity (Wildman–Crippen MR) is 85.5 cm³/mol. The fourth-order valence-corrected chi connectivity index (χ4v) is 3.56. The zero-order valence-electron chi connectivity index (χ0n) is 12.3. The van der Waals surface area contributed by atoms with Gasteiger partial charge in [-0.25, -0.2) is 4.98 Å². The average molecular weight is 280 g/mol. The number of hydrogen-bond acceptors (Lipinski definition) is 3. The van der Waals surface area contributed by atoms with Gasteiger partial charge in [-0.05, 0) is 48.6 Å². The summed E-state index contributed by atoms with van der Waals surface area (Å²) in [5.41, 5.74) is 3.82. The quantitative estimate of drug-likeness (QED) is 0.913. The topological polar surface area (TPSA) is 34.1 Å². The number of benzene rings is 1. The lowest BCUT2D eigenvalue weighted by Gasteiger charge is -2.35.